The van der Waals surface area contributed by atoms with E-state index in [2.05, 4.69) is 32.2 Å². The van der Waals surface area contributed by atoms with Gasteiger partial charge in [0.25, 0.3) is 0 Å². The highest BCUT2D eigenvalue weighted by Gasteiger charge is 2.53. The SMILES string of the molecule is CC1=CC(C)(C)NC2CCC(OC(=O)C(CC3CCCCC3)N3C(=O)C4CCCCC4C3=O)CC12. The van der Waals surface area contributed by atoms with E-state index in [1.807, 2.05) is 0 Å². The fourth-order valence-electron chi connectivity index (χ4n) is 7.89. The van der Waals surface area contributed by atoms with Gasteiger partial charge < -0.3 is 10.1 Å². The lowest BCUT2D eigenvalue weighted by atomic mass is 9.74. The van der Waals surface area contributed by atoms with Crippen molar-refractivity contribution in [1.82, 2.24) is 10.2 Å². The average Bonchev–Trinajstić information content (AvgIpc) is 3.08. The molecular weight excluding hydrogens is 440 g/mol. The number of amides is 2. The van der Waals surface area contributed by atoms with Gasteiger partial charge in [0.2, 0.25) is 11.8 Å². The summed E-state index contributed by atoms with van der Waals surface area (Å²) in [5.74, 6) is -0.266. The first kappa shape index (κ1) is 25.0. The van der Waals surface area contributed by atoms with Crippen LogP contribution in [0.2, 0.25) is 0 Å². The number of esters is 1. The van der Waals surface area contributed by atoms with E-state index in [4.69, 9.17) is 4.74 Å². The molecule has 6 unspecified atom stereocenters. The van der Waals surface area contributed by atoms with E-state index in [-0.39, 0.29) is 41.3 Å². The molecule has 4 fully saturated rings. The van der Waals surface area contributed by atoms with Crippen LogP contribution >= 0.6 is 0 Å². The van der Waals surface area contributed by atoms with Crippen molar-refractivity contribution in [2.45, 2.75) is 128 Å². The van der Waals surface area contributed by atoms with E-state index in [1.54, 1.807) is 0 Å². The molecule has 2 heterocycles. The first-order valence-corrected chi connectivity index (χ1v) is 14.3. The minimum Gasteiger partial charge on any atom is -0.461 e. The minimum atomic E-state index is -0.749. The highest BCUT2D eigenvalue weighted by molar-refractivity contribution is 6.07. The molecule has 1 saturated heterocycles. The van der Waals surface area contributed by atoms with Crippen molar-refractivity contribution in [2.75, 3.05) is 0 Å². The maximum Gasteiger partial charge on any atom is 0.329 e. The van der Waals surface area contributed by atoms with E-state index in [0.29, 0.717) is 24.3 Å². The van der Waals surface area contributed by atoms with Gasteiger partial charge in [-0.15, -0.1) is 0 Å². The Labute approximate surface area is 210 Å². The molecule has 3 aliphatic carbocycles. The molecule has 6 atom stereocenters. The van der Waals surface area contributed by atoms with Crippen molar-refractivity contribution in [1.29, 1.82) is 0 Å². The van der Waals surface area contributed by atoms with Crippen LogP contribution in [0.15, 0.2) is 11.6 Å². The standard InChI is InChI=1S/C29H44N2O4/c1-18-17-29(2,3)30-24-14-13-20(16-23(18)24)35-28(34)25(15-19-9-5-4-6-10-19)31-26(32)21-11-7-8-12-22(21)27(31)33/h17,19-25,30H,4-16H2,1-3H3. The summed E-state index contributed by atoms with van der Waals surface area (Å²) >= 11 is 0. The van der Waals surface area contributed by atoms with Gasteiger partial charge in [0.1, 0.15) is 12.1 Å². The normalized spacial score (nSPS) is 36.3. The van der Waals surface area contributed by atoms with Crippen molar-refractivity contribution < 1.29 is 19.1 Å². The number of imide groups is 1. The third-order valence-corrected chi connectivity index (χ3v) is 9.56. The van der Waals surface area contributed by atoms with Gasteiger partial charge in [0.15, 0.2) is 0 Å². The number of nitrogens with one attached hydrogen (secondary N) is 1. The molecule has 0 radical (unpaired) electrons. The van der Waals surface area contributed by atoms with Crippen LogP contribution in [0.4, 0.5) is 0 Å². The highest BCUT2D eigenvalue weighted by Crippen LogP contribution is 2.41. The molecule has 6 heteroatoms. The number of carbonyl (C=O) groups is 3. The molecule has 6 nitrogen and oxygen atoms in total. The molecule has 0 aromatic rings. The Hall–Kier alpha value is -1.69. The van der Waals surface area contributed by atoms with Gasteiger partial charge in [0.05, 0.1) is 11.8 Å². The molecule has 0 aromatic heterocycles. The van der Waals surface area contributed by atoms with Crippen LogP contribution in [-0.4, -0.2) is 46.4 Å². The molecule has 0 bridgehead atoms. The lowest BCUT2D eigenvalue weighted by Gasteiger charge is -2.45. The van der Waals surface area contributed by atoms with Crippen LogP contribution in [0.3, 0.4) is 0 Å². The van der Waals surface area contributed by atoms with Crippen LogP contribution < -0.4 is 5.32 Å². The van der Waals surface area contributed by atoms with E-state index in [9.17, 15) is 14.4 Å². The lowest BCUT2D eigenvalue weighted by molar-refractivity contribution is -0.165. The predicted octanol–water partition coefficient (Wildman–Crippen LogP) is 4.91. The van der Waals surface area contributed by atoms with Crippen molar-refractivity contribution in [2.24, 2.45) is 23.7 Å². The van der Waals surface area contributed by atoms with E-state index in [1.165, 1.54) is 29.7 Å². The van der Waals surface area contributed by atoms with Gasteiger partial charge in [-0.05, 0) is 71.1 Å². The fraction of sp³-hybridized carbons (Fsp3) is 0.828. The van der Waals surface area contributed by atoms with Crippen LogP contribution in [0.5, 0.6) is 0 Å². The average molecular weight is 485 g/mol. The van der Waals surface area contributed by atoms with Gasteiger partial charge in [0, 0.05) is 11.6 Å². The zero-order valence-electron chi connectivity index (χ0n) is 21.9. The number of ether oxygens (including phenoxy) is 1. The molecule has 2 amide bonds. The Bertz CT molecular complexity index is 850. The van der Waals surface area contributed by atoms with Crippen LogP contribution in [0.25, 0.3) is 0 Å². The largest absolute Gasteiger partial charge is 0.461 e. The Morgan fingerprint density at radius 2 is 1.60 bits per heavy atom. The maximum absolute atomic E-state index is 13.7. The Balaban J connectivity index is 1.32. The summed E-state index contributed by atoms with van der Waals surface area (Å²) in [6, 6.07) is -0.339. The second kappa shape index (κ2) is 9.99. The first-order chi connectivity index (χ1) is 16.7. The van der Waals surface area contributed by atoms with Gasteiger partial charge >= 0.3 is 5.97 Å². The lowest BCUT2D eigenvalue weighted by Crippen LogP contribution is -2.55. The van der Waals surface area contributed by atoms with Gasteiger partial charge in [-0.25, -0.2) is 4.79 Å². The number of fused-ring (bicyclic) bond motifs is 2. The minimum absolute atomic E-state index is 0.00683. The molecule has 5 aliphatic rings. The Morgan fingerprint density at radius 3 is 2.26 bits per heavy atom. The van der Waals surface area contributed by atoms with E-state index in [0.717, 1.165) is 57.8 Å². The molecule has 35 heavy (non-hydrogen) atoms. The van der Waals surface area contributed by atoms with E-state index >= 15 is 0 Å². The molecule has 1 N–H and O–H groups in total. The molecule has 3 saturated carbocycles. The molecule has 0 spiro atoms. The quantitative estimate of drug-likeness (QED) is 0.341. The summed E-state index contributed by atoms with van der Waals surface area (Å²) in [5, 5.41) is 3.75. The number of carbonyl (C=O) groups excluding carboxylic acids is 3. The number of hydrogen-bond acceptors (Lipinski definition) is 5. The second-order valence-corrected chi connectivity index (χ2v) is 12.6. The van der Waals surface area contributed by atoms with E-state index < -0.39 is 6.04 Å². The first-order valence-electron chi connectivity index (χ1n) is 14.3. The van der Waals surface area contributed by atoms with Crippen molar-refractivity contribution in [3.8, 4) is 0 Å². The third-order valence-electron chi connectivity index (χ3n) is 9.56. The third kappa shape index (κ3) is 5.10. The summed E-state index contributed by atoms with van der Waals surface area (Å²) < 4.78 is 6.17. The monoisotopic (exact) mass is 484 g/mol. The summed E-state index contributed by atoms with van der Waals surface area (Å²) in [4.78, 5) is 41.9. The second-order valence-electron chi connectivity index (χ2n) is 12.6. The van der Waals surface area contributed by atoms with Gasteiger partial charge in [-0.2, -0.15) is 0 Å². The smallest absolute Gasteiger partial charge is 0.329 e. The van der Waals surface area contributed by atoms with Gasteiger partial charge in [-0.3, -0.25) is 14.5 Å². The molecule has 194 valence electrons. The highest BCUT2D eigenvalue weighted by atomic mass is 16.5. The molecule has 5 rings (SSSR count). The summed E-state index contributed by atoms with van der Waals surface area (Å²) in [6.45, 7) is 6.60. The molecule has 0 aromatic carbocycles. The van der Waals surface area contributed by atoms with Crippen molar-refractivity contribution in [3.63, 3.8) is 0 Å². The molecular formula is C29H44N2O4. The summed E-state index contributed by atoms with van der Waals surface area (Å²) in [6.07, 6.45) is 14.6. The van der Waals surface area contributed by atoms with Crippen molar-refractivity contribution in [3.05, 3.63) is 11.6 Å². The summed E-state index contributed by atoms with van der Waals surface area (Å²) in [7, 11) is 0. The Kier molecular flexibility index (Phi) is 7.13. The number of nitrogens with zero attached hydrogens (tertiary/aromatic N) is 1. The van der Waals surface area contributed by atoms with Crippen LogP contribution in [-0.2, 0) is 19.1 Å². The topological polar surface area (TPSA) is 75.7 Å². The summed E-state index contributed by atoms with van der Waals surface area (Å²) in [5.41, 5.74) is 1.36. The number of likely N-dealkylation sites (tertiary alicyclic amines) is 1. The zero-order valence-corrected chi connectivity index (χ0v) is 21.9. The van der Waals surface area contributed by atoms with Crippen LogP contribution in [0, 0.1) is 23.7 Å². The van der Waals surface area contributed by atoms with Gasteiger partial charge in [-0.1, -0.05) is 56.6 Å². The number of hydrogen-bond donors (Lipinski definition) is 1. The predicted molar refractivity (Wildman–Crippen MR) is 134 cm³/mol. The molecule has 2 aliphatic heterocycles. The number of rotatable bonds is 5. The zero-order chi connectivity index (χ0) is 24.7. The van der Waals surface area contributed by atoms with Crippen molar-refractivity contribution >= 4 is 17.8 Å². The fourth-order valence-corrected chi connectivity index (χ4v) is 7.89. The Morgan fingerprint density at radius 1 is 0.971 bits per heavy atom. The van der Waals surface area contributed by atoms with Crippen LogP contribution in [0.1, 0.15) is 104 Å². The maximum atomic E-state index is 13.7.